The molecule has 0 saturated heterocycles. The first-order chi connectivity index (χ1) is 7.63. The Morgan fingerprint density at radius 3 is 2.81 bits per heavy atom. The van der Waals surface area contributed by atoms with Crippen molar-refractivity contribution in [1.29, 1.82) is 0 Å². The smallest absolute Gasteiger partial charge is 0.223 e. The average molecular weight is 238 g/mol. The molecule has 0 atom stereocenters. The molecule has 84 valence electrons. The first-order valence-electron chi connectivity index (χ1n) is 5.13. The molecule has 0 aliphatic carbocycles. The van der Waals surface area contributed by atoms with E-state index in [0.717, 1.165) is 17.7 Å². The first-order valence-corrected chi connectivity index (χ1v) is 5.67. The average Bonchev–Trinajstić information content (AvgIpc) is 2.70. The summed E-state index contributed by atoms with van der Waals surface area (Å²) in [5.74, 6) is -0.0456. The number of carbonyl (C=O) groups excluding carboxylic acids is 2. The van der Waals surface area contributed by atoms with Gasteiger partial charge in [-0.05, 0) is 30.2 Å². The zero-order valence-corrected chi connectivity index (χ0v) is 9.75. The summed E-state index contributed by atoms with van der Waals surface area (Å²) in [6.07, 6.45) is 0.804. The maximum atomic E-state index is 11.4. The predicted octanol–water partition coefficient (Wildman–Crippen LogP) is 2.02. The highest BCUT2D eigenvalue weighted by Gasteiger charge is 2.22. The Hall–Kier alpha value is -1.35. The lowest BCUT2D eigenvalue weighted by molar-refractivity contribution is -0.116. The summed E-state index contributed by atoms with van der Waals surface area (Å²) in [6, 6.07) is 5.39. The molecule has 0 spiro atoms. The van der Waals surface area contributed by atoms with Crippen molar-refractivity contribution in [1.82, 2.24) is 0 Å². The van der Waals surface area contributed by atoms with Gasteiger partial charge in [0.2, 0.25) is 5.91 Å². The lowest BCUT2D eigenvalue weighted by Crippen LogP contribution is -2.25. The van der Waals surface area contributed by atoms with Crippen LogP contribution in [-0.2, 0) is 11.2 Å². The standard InChI is InChI=1S/C12H12ClNO2/c1-8(15)14-5-4-9-6-10(12(16)7-13)2-3-11(9)14/h2-3,6H,4-5,7H2,1H3. The summed E-state index contributed by atoms with van der Waals surface area (Å²) < 4.78 is 0. The largest absolute Gasteiger partial charge is 0.312 e. The maximum absolute atomic E-state index is 11.4. The fraction of sp³-hybridized carbons (Fsp3) is 0.333. The molecule has 4 heteroatoms. The Morgan fingerprint density at radius 2 is 2.19 bits per heavy atom. The van der Waals surface area contributed by atoms with Crippen LogP contribution in [0.25, 0.3) is 0 Å². The molecular formula is C12H12ClNO2. The van der Waals surface area contributed by atoms with E-state index in [2.05, 4.69) is 0 Å². The highest BCUT2D eigenvalue weighted by atomic mass is 35.5. The van der Waals surface area contributed by atoms with Gasteiger partial charge in [0.05, 0.1) is 5.88 Å². The van der Waals surface area contributed by atoms with E-state index in [1.54, 1.807) is 17.9 Å². The van der Waals surface area contributed by atoms with Crippen molar-refractivity contribution in [3.63, 3.8) is 0 Å². The number of rotatable bonds is 2. The molecular weight excluding hydrogens is 226 g/mol. The van der Waals surface area contributed by atoms with Crippen molar-refractivity contribution in [2.45, 2.75) is 13.3 Å². The van der Waals surface area contributed by atoms with Crippen LogP contribution in [0.1, 0.15) is 22.8 Å². The van der Waals surface area contributed by atoms with Gasteiger partial charge in [-0.2, -0.15) is 0 Å². The number of amides is 1. The van der Waals surface area contributed by atoms with Crippen LogP contribution in [0, 0.1) is 0 Å². The number of ketones is 1. The van der Waals surface area contributed by atoms with Gasteiger partial charge in [0.25, 0.3) is 0 Å². The number of hydrogen-bond donors (Lipinski definition) is 0. The minimum Gasteiger partial charge on any atom is -0.312 e. The van der Waals surface area contributed by atoms with Crippen molar-refractivity contribution in [3.8, 4) is 0 Å². The zero-order chi connectivity index (χ0) is 11.7. The fourth-order valence-corrected chi connectivity index (χ4v) is 2.13. The van der Waals surface area contributed by atoms with Crippen LogP contribution >= 0.6 is 11.6 Å². The second-order valence-electron chi connectivity index (χ2n) is 3.82. The normalized spacial score (nSPS) is 13.8. The summed E-state index contributed by atoms with van der Waals surface area (Å²) in [7, 11) is 0. The molecule has 3 nitrogen and oxygen atoms in total. The zero-order valence-electron chi connectivity index (χ0n) is 9.00. The van der Waals surface area contributed by atoms with Crippen molar-refractivity contribution < 1.29 is 9.59 Å². The molecule has 16 heavy (non-hydrogen) atoms. The lowest BCUT2D eigenvalue weighted by atomic mass is 10.1. The van der Waals surface area contributed by atoms with E-state index >= 15 is 0 Å². The van der Waals surface area contributed by atoms with Gasteiger partial charge >= 0.3 is 0 Å². The number of nitrogens with zero attached hydrogens (tertiary/aromatic N) is 1. The van der Waals surface area contributed by atoms with E-state index in [4.69, 9.17) is 11.6 Å². The van der Waals surface area contributed by atoms with E-state index < -0.39 is 0 Å². The van der Waals surface area contributed by atoms with Gasteiger partial charge in [0.15, 0.2) is 5.78 Å². The summed E-state index contributed by atoms with van der Waals surface area (Å²) in [5.41, 5.74) is 2.59. The molecule has 0 bridgehead atoms. The minimum absolute atomic E-state index is 0.00475. The number of carbonyl (C=O) groups is 2. The highest BCUT2D eigenvalue weighted by molar-refractivity contribution is 6.30. The van der Waals surface area contributed by atoms with Crippen LogP contribution < -0.4 is 4.90 Å². The number of Topliss-reactive ketones (excluding diaryl/α,β-unsaturated/α-hetero) is 1. The van der Waals surface area contributed by atoms with Crippen molar-refractivity contribution in [3.05, 3.63) is 29.3 Å². The van der Waals surface area contributed by atoms with Crippen LogP contribution in [0.5, 0.6) is 0 Å². The van der Waals surface area contributed by atoms with Gasteiger partial charge in [-0.1, -0.05) is 0 Å². The van der Waals surface area contributed by atoms with Crippen LogP contribution in [0.15, 0.2) is 18.2 Å². The Kier molecular flexibility index (Phi) is 2.97. The van der Waals surface area contributed by atoms with Crippen molar-refractivity contribution in [2.75, 3.05) is 17.3 Å². The Balaban J connectivity index is 2.36. The predicted molar refractivity (Wildman–Crippen MR) is 63.2 cm³/mol. The topological polar surface area (TPSA) is 37.4 Å². The van der Waals surface area contributed by atoms with Gasteiger partial charge in [0.1, 0.15) is 0 Å². The maximum Gasteiger partial charge on any atom is 0.223 e. The van der Waals surface area contributed by atoms with Crippen molar-refractivity contribution >= 4 is 29.0 Å². The van der Waals surface area contributed by atoms with Gasteiger partial charge in [-0.25, -0.2) is 0 Å². The van der Waals surface area contributed by atoms with E-state index in [1.807, 2.05) is 12.1 Å². The monoisotopic (exact) mass is 237 g/mol. The highest BCUT2D eigenvalue weighted by Crippen LogP contribution is 2.29. The van der Waals surface area contributed by atoms with E-state index in [9.17, 15) is 9.59 Å². The van der Waals surface area contributed by atoms with Crippen LogP contribution in [0.4, 0.5) is 5.69 Å². The Bertz CT molecular complexity index is 456. The molecule has 0 fully saturated rings. The number of halogens is 1. The quantitative estimate of drug-likeness (QED) is 0.583. The van der Waals surface area contributed by atoms with Crippen LogP contribution in [0.3, 0.4) is 0 Å². The van der Waals surface area contributed by atoms with Gasteiger partial charge in [-0.15, -0.1) is 11.6 Å². The number of hydrogen-bond acceptors (Lipinski definition) is 2. The third-order valence-electron chi connectivity index (χ3n) is 2.80. The van der Waals surface area contributed by atoms with Crippen LogP contribution in [0.2, 0.25) is 0 Å². The molecule has 2 rings (SSSR count). The van der Waals surface area contributed by atoms with Gasteiger partial charge < -0.3 is 4.90 Å². The molecule has 1 aliphatic rings. The molecule has 1 aromatic carbocycles. The molecule has 0 saturated carbocycles. The molecule has 0 radical (unpaired) electrons. The number of alkyl halides is 1. The molecule has 1 heterocycles. The summed E-state index contributed by atoms with van der Waals surface area (Å²) >= 11 is 5.50. The summed E-state index contributed by atoms with van der Waals surface area (Å²) in [4.78, 5) is 24.5. The molecule has 0 aromatic heterocycles. The third kappa shape index (κ3) is 1.83. The van der Waals surface area contributed by atoms with Crippen LogP contribution in [-0.4, -0.2) is 24.1 Å². The van der Waals surface area contributed by atoms with E-state index in [0.29, 0.717) is 12.1 Å². The Morgan fingerprint density at radius 1 is 1.44 bits per heavy atom. The second-order valence-corrected chi connectivity index (χ2v) is 4.09. The third-order valence-corrected chi connectivity index (χ3v) is 3.04. The molecule has 1 amide bonds. The second kappa shape index (κ2) is 4.26. The Labute approximate surface area is 99.0 Å². The van der Waals surface area contributed by atoms with Crippen molar-refractivity contribution in [2.24, 2.45) is 0 Å². The SMILES string of the molecule is CC(=O)N1CCc2cc(C(=O)CCl)ccc21. The van der Waals surface area contributed by atoms with Gasteiger partial charge in [-0.3, -0.25) is 9.59 Å². The first kappa shape index (κ1) is 11.1. The number of benzene rings is 1. The number of anilines is 1. The molecule has 0 N–H and O–H groups in total. The van der Waals surface area contributed by atoms with E-state index in [1.165, 1.54) is 0 Å². The van der Waals surface area contributed by atoms with Gasteiger partial charge in [0, 0.05) is 24.7 Å². The number of fused-ring (bicyclic) bond motifs is 1. The molecule has 1 aromatic rings. The van der Waals surface area contributed by atoms with E-state index in [-0.39, 0.29) is 17.6 Å². The lowest BCUT2D eigenvalue weighted by Gasteiger charge is -2.14. The summed E-state index contributed by atoms with van der Waals surface area (Å²) in [6.45, 7) is 2.25. The molecule has 0 unspecified atom stereocenters. The summed E-state index contributed by atoms with van der Waals surface area (Å²) in [5, 5.41) is 0. The fourth-order valence-electron chi connectivity index (χ4n) is 1.98. The minimum atomic E-state index is -0.0780. The molecule has 1 aliphatic heterocycles.